The molecular weight excluding hydrogens is 328 g/mol. The van der Waals surface area contributed by atoms with Gasteiger partial charge in [-0.2, -0.15) is 0 Å². The van der Waals surface area contributed by atoms with Gasteiger partial charge in [0.15, 0.2) is 0 Å². The minimum absolute atomic E-state index is 0.467. The first kappa shape index (κ1) is 18.7. The Morgan fingerprint density at radius 2 is 2.00 bits per heavy atom. The van der Waals surface area contributed by atoms with E-state index in [1.807, 2.05) is 30.3 Å². The molecule has 1 amide bonds. The highest BCUT2D eigenvalue weighted by Crippen LogP contribution is 2.30. The molecule has 3 rings (SSSR count). The Hall–Kier alpha value is -2.11. The second kappa shape index (κ2) is 8.52. The van der Waals surface area contributed by atoms with Crippen molar-refractivity contribution >= 4 is 22.4 Å². The molecule has 2 aromatic carbocycles. The van der Waals surface area contributed by atoms with E-state index in [9.17, 15) is 9.90 Å². The van der Waals surface area contributed by atoms with Gasteiger partial charge in [-0.1, -0.05) is 56.4 Å². The molecule has 1 saturated carbocycles. The molecular formula is C21H28N2O3. The highest BCUT2D eigenvalue weighted by atomic mass is 16.5. The number of ether oxygens (including phenoxy) is 1. The van der Waals surface area contributed by atoms with Crippen molar-refractivity contribution in [1.82, 2.24) is 0 Å². The average molecular weight is 356 g/mol. The molecule has 2 aromatic rings. The summed E-state index contributed by atoms with van der Waals surface area (Å²) in [5.41, 5.74) is 6.71. The topological polar surface area (TPSA) is 84.6 Å². The molecule has 5 nitrogen and oxygen atoms in total. The number of carbonyl (C=O) groups excluding carboxylic acids is 1. The van der Waals surface area contributed by atoms with Gasteiger partial charge in [-0.25, -0.2) is 0 Å². The zero-order valence-electron chi connectivity index (χ0n) is 15.3. The zero-order chi connectivity index (χ0) is 18.5. The molecule has 2 atom stereocenters. The number of nitrogens with one attached hydrogen (secondary N) is 1. The lowest BCUT2D eigenvalue weighted by atomic mass is 9.84. The van der Waals surface area contributed by atoms with Crippen molar-refractivity contribution in [3.8, 4) is 5.75 Å². The monoisotopic (exact) mass is 356 g/mol. The summed E-state index contributed by atoms with van der Waals surface area (Å²) in [5, 5.41) is 15.1. The van der Waals surface area contributed by atoms with Crippen molar-refractivity contribution in [3.05, 3.63) is 36.4 Å². The Bertz CT molecular complexity index is 756. The number of aliphatic hydroxyl groups excluding tert-OH is 1. The highest BCUT2D eigenvalue weighted by molar-refractivity contribution is 5.98. The van der Waals surface area contributed by atoms with Gasteiger partial charge in [0, 0.05) is 23.2 Å². The van der Waals surface area contributed by atoms with Crippen LogP contribution in [0.15, 0.2) is 36.4 Å². The van der Waals surface area contributed by atoms with E-state index in [0.717, 1.165) is 23.6 Å². The fourth-order valence-corrected chi connectivity index (χ4v) is 3.86. The van der Waals surface area contributed by atoms with Gasteiger partial charge in [0.1, 0.15) is 11.9 Å². The summed E-state index contributed by atoms with van der Waals surface area (Å²) in [7, 11) is 1.60. The van der Waals surface area contributed by atoms with Gasteiger partial charge < -0.3 is 20.9 Å². The lowest BCUT2D eigenvalue weighted by Gasteiger charge is -2.26. The molecule has 0 aromatic heterocycles. The summed E-state index contributed by atoms with van der Waals surface area (Å²) >= 11 is 0. The maximum atomic E-state index is 12.4. The van der Waals surface area contributed by atoms with Crippen LogP contribution in [0.1, 0.15) is 38.5 Å². The zero-order valence-corrected chi connectivity index (χ0v) is 15.3. The van der Waals surface area contributed by atoms with Crippen LogP contribution in [-0.4, -0.2) is 30.3 Å². The SMILES string of the molecule is COc1cc(NC(=O)C(O)C(N)CC2CCCCC2)cc2ccccc12. The molecule has 0 spiro atoms. The molecule has 0 bridgehead atoms. The Morgan fingerprint density at radius 1 is 1.27 bits per heavy atom. The minimum Gasteiger partial charge on any atom is -0.496 e. The molecule has 1 fully saturated rings. The summed E-state index contributed by atoms with van der Waals surface area (Å²) in [6.45, 7) is 0. The minimum atomic E-state index is -1.21. The molecule has 5 heteroatoms. The lowest BCUT2D eigenvalue weighted by Crippen LogP contribution is -2.44. The van der Waals surface area contributed by atoms with E-state index >= 15 is 0 Å². The first-order valence-electron chi connectivity index (χ1n) is 9.40. The number of nitrogens with two attached hydrogens (primary N) is 1. The van der Waals surface area contributed by atoms with Crippen LogP contribution < -0.4 is 15.8 Å². The molecule has 0 saturated heterocycles. The van der Waals surface area contributed by atoms with E-state index in [-0.39, 0.29) is 0 Å². The quantitative estimate of drug-likeness (QED) is 0.740. The van der Waals surface area contributed by atoms with Gasteiger partial charge in [0.2, 0.25) is 0 Å². The van der Waals surface area contributed by atoms with Gasteiger partial charge in [-0.15, -0.1) is 0 Å². The summed E-state index contributed by atoms with van der Waals surface area (Å²) in [4.78, 5) is 12.4. The summed E-state index contributed by atoms with van der Waals surface area (Å²) in [6.07, 6.45) is 5.48. The Labute approximate surface area is 154 Å². The third-order valence-corrected chi connectivity index (χ3v) is 5.32. The maximum absolute atomic E-state index is 12.4. The van der Waals surface area contributed by atoms with Gasteiger partial charge >= 0.3 is 0 Å². The Balaban J connectivity index is 1.67. The largest absolute Gasteiger partial charge is 0.496 e. The number of fused-ring (bicyclic) bond motifs is 1. The fourth-order valence-electron chi connectivity index (χ4n) is 3.86. The molecule has 1 aliphatic rings. The van der Waals surface area contributed by atoms with E-state index in [1.54, 1.807) is 13.2 Å². The number of aliphatic hydroxyl groups is 1. The number of amides is 1. The summed E-state index contributed by atoms with van der Waals surface area (Å²) in [5.74, 6) is 0.729. The standard InChI is InChI=1S/C21H28N2O3/c1-26-19-13-16(12-15-9-5-6-10-17(15)19)23-21(25)20(24)18(22)11-14-7-3-2-4-8-14/h5-6,9-10,12-14,18,20,24H,2-4,7-8,11,22H2,1H3,(H,23,25). The van der Waals surface area contributed by atoms with Crippen LogP contribution in [0.25, 0.3) is 10.8 Å². The Morgan fingerprint density at radius 3 is 2.73 bits per heavy atom. The van der Waals surface area contributed by atoms with E-state index in [4.69, 9.17) is 10.5 Å². The van der Waals surface area contributed by atoms with E-state index in [1.165, 1.54) is 19.3 Å². The van der Waals surface area contributed by atoms with Crippen LogP contribution in [0, 0.1) is 5.92 Å². The van der Waals surface area contributed by atoms with Crippen LogP contribution >= 0.6 is 0 Å². The summed E-state index contributed by atoms with van der Waals surface area (Å²) in [6, 6.07) is 10.9. The fraction of sp³-hybridized carbons (Fsp3) is 0.476. The smallest absolute Gasteiger partial charge is 0.254 e. The number of methoxy groups -OCH3 is 1. The van der Waals surface area contributed by atoms with Gasteiger partial charge in [0.25, 0.3) is 5.91 Å². The molecule has 4 N–H and O–H groups in total. The van der Waals surface area contributed by atoms with Crippen LogP contribution in [0.2, 0.25) is 0 Å². The predicted octanol–water partition coefficient (Wildman–Crippen LogP) is 3.45. The van der Waals surface area contributed by atoms with Crippen molar-refractivity contribution < 1.29 is 14.6 Å². The first-order valence-corrected chi connectivity index (χ1v) is 9.40. The third kappa shape index (κ3) is 4.34. The van der Waals surface area contributed by atoms with Gasteiger partial charge in [0.05, 0.1) is 7.11 Å². The van der Waals surface area contributed by atoms with Crippen LogP contribution in [0.5, 0.6) is 5.75 Å². The molecule has 0 aliphatic heterocycles. The van der Waals surface area contributed by atoms with Crippen molar-refractivity contribution in [1.29, 1.82) is 0 Å². The highest BCUT2D eigenvalue weighted by Gasteiger charge is 2.26. The number of rotatable bonds is 6. The molecule has 0 heterocycles. The van der Waals surface area contributed by atoms with E-state index < -0.39 is 18.1 Å². The second-order valence-electron chi connectivity index (χ2n) is 7.24. The molecule has 2 unspecified atom stereocenters. The molecule has 26 heavy (non-hydrogen) atoms. The number of benzene rings is 2. The number of hydrogen-bond acceptors (Lipinski definition) is 4. The van der Waals surface area contributed by atoms with Crippen LogP contribution in [-0.2, 0) is 4.79 Å². The lowest BCUT2D eigenvalue weighted by molar-refractivity contribution is -0.125. The Kier molecular flexibility index (Phi) is 6.12. The van der Waals surface area contributed by atoms with Crippen molar-refractivity contribution in [2.24, 2.45) is 11.7 Å². The molecule has 140 valence electrons. The normalized spacial score (nSPS) is 17.7. The van der Waals surface area contributed by atoms with E-state index in [2.05, 4.69) is 5.32 Å². The average Bonchev–Trinajstić information content (AvgIpc) is 2.67. The molecule has 1 aliphatic carbocycles. The van der Waals surface area contributed by atoms with Crippen molar-refractivity contribution in [3.63, 3.8) is 0 Å². The molecule has 0 radical (unpaired) electrons. The van der Waals surface area contributed by atoms with Crippen LogP contribution in [0.4, 0.5) is 5.69 Å². The second-order valence-corrected chi connectivity index (χ2v) is 7.24. The van der Waals surface area contributed by atoms with E-state index in [0.29, 0.717) is 23.8 Å². The summed E-state index contributed by atoms with van der Waals surface area (Å²) < 4.78 is 5.42. The van der Waals surface area contributed by atoms with Crippen molar-refractivity contribution in [2.75, 3.05) is 12.4 Å². The van der Waals surface area contributed by atoms with Gasteiger partial charge in [-0.3, -0.25) is 4.79 Å². The number of carbonyl (C=O) groups is 1. The maximum Gasteiger partial charge on any atom is 0.254 e. The predicted molar refractivity (Wildman–Crippen MR) is 104 cm³/mol. The number of hydrogen-bond donors (Lipinski definition) is 3. The van der Waals surface area contributed by atoms with Crippen molar-refractivity contribution in [2.45, 2.75) is 50.7 Å². The first-order chi connectivity index (χ1) is 12.6. The van der Waals surface area contributed by atoms with Gasteiger partial charge in [-0.05, 0) is 23.8 Å². The third-order valence-electron chi connectivity index (χ3n) is 5.32. The number of anilines is 1. The van der Waals surface area contributed by atoms with Crippen LogP contribution in [0.3, 0.4) is 0 Å².